The maximum atomic E-state index is 12.9. The molecule has 1 atom stereocenters. The first-order chi connectivity index (χ1) is 11.3. The number of hydrogen-bond acceptors (Lipinski definition) is 5. The molecule has 2 rings (SSSR count). The van der Waals surface area contributed by atoms with Crippen LogP contribution in [0.15, 0.2) is 30.5 Å². The third kappa shape index (κ3) is 4.93. The summed E-state index contributed by atoms with van der Waals surface area (Å²) in [6.07, 6.45) is -2.65. The Labute approximate surface area is 143 Å². The molecule has 1 unspecified atom stereocenters. The van der Waals surface area contributed by atoms with E-state index in [0.717, 1.165) is 10.9 Å². The van der Waals surface area contributed by atoms with Gasteiger partial charge in [0.2, 0.25) is 0 Å². The maximum Gasteiger partial charge on any atom is 0.416 e. The summed E-state index contributed by atoms with van der Waals surface area (Å²) in [5, 5.41) is 0.475. The lowest BCUT2D eigenvalue weighted by Gasteiger charge is -2.29. The highest BCUT2D eigenvalue weighted by Gasteiger charge is 2.31. The van der Waals surface area contributed by atoms with Crippen molar-refractivity contribution in [3.8, 4) is 0 Å². The number of ether oxygens (including phenoxy) is 1. The molecule has 4 nitrogen and oxygen atoms in total. The zero-order valence-electron chi connectivity index (χ0n) is 13.5. The molecular weight excluding hydrogens is 339 g/mol. The number of thiazole rings is 1. The van der Waals surface area contributed by atoms with Gasteiger partial charge in [0.25, 0.3) is 0 Å². The lowest BCUT2D eigenvalue weighted by atomic mass is 10.0. The minimum absolute atomic E-state index is 0.203. The molecule has 24 heavy (non-hydrogen) atoms. The molecule has 1 aromatic carbocycles. The lowest BCUT2D eigenvalue weighted by molar-refractivity contribution is -0.137. The molecule has 2 N–H and O–H groups in total. The van der Waals surface area contributed by atoms with Gasteiger partial charge in [-0.15, -0.1) is 11.3 Å². The summed E-state index contributed by atoms with van der Waals surface area (Å²) in [6.45, 7) is 3.51. The molecular formula is C16H20F3N3OS. The first-order valence-corrected chi connectivity index (χ1v) is 8.23. The Morgan fingerprint density at radius 3 is 2.71 bits per heavy atom. The average Bonchev–Trinajstić information content (AvgIpc) is 2.95. The Kier molecular flexibility index (Phi) is 6.20. The molecule has 1 aromatic heterocycles. The summed E-state index contributed by atoms with van der Waals surface area (Å²) in [5.74, 6) is 0. The van der Waals surface area contributed by atoms with Gasteiger partial charge in [-0.1, -0.05) is 12.1 Å². The summed E-state index contributed by atoms with van der Waals surface area (Å²) >= 11 is 1.37. The second kappa shape index (κ2) is 7.96. The number of alkyl halides is 3. The van der Waals surface area contributed by atoms with E-state index in [0.29, 0.717) is 30.4 Å². The van der Waals surface area contributed by atoms with Crippen LogP contribution in [0.3, 0.4) is 0 Å². The second-order valence-corrected chi connectivity index (χ2v) is 6.57. The quantitative estimate of drug-likeness (QED) is 0.813. The SMILES string of the molecule is COCCN(Cc1cnc(N)s1)C(C)c1cccc(C(F)(F)F)c1. The van der Waals surface area contributed by atoms with Crippen LogP contribution in [-0.2, 0) is 17.5 Å². The highest BCUT2D eigenvalue weighted by atomic mass is 32.1. The van der Waals surface area contributed by atoms with Gasteiger partial charge in [0, 0.05) is 37.3 Å². The monoisotopic (exact) mass is 359 g/mol. The van der Waals surface area contributed by atoms with Crippen molar-refractivity contribution in [1.82, 2.24) is 9.88 Å². The molecule has 132 valence electrons. The van der Waals surface area contributed by atoms with E-state index in [4.69, 9.17) is 10.5 Å². The van der Waals surface area contributed by atoms with Gasteiger partial charge >= 0.3 is 6.18 Å². The molecule has 0 fully saturated rings. The van der Waals surface area contributed by atoms with Gasteiger partial charge in [-0.05, 0) is 24.6 Å². The molecule has 1 heterocycles. The summed E-state index contributed by atoms with van der Waals surface area (Å²) < 4.78 is 43.9. The van der Waals surface area contributed by atoms with Gasteiger partial charge in [-0.25, -0.2) is 4.98 Å². The maximum absolute atomic E-state index is 12.9. The molecule has 0 spiro atoms. The standard InChI is InChI=1S/C16H20F3N3OS/c1-11(12-4-3-5-13(8-12)16(17,18)19)22(6-7-23-2)10-14-9-21-15(20)24-14/h3-5,8-9,11H,6-7,10H2,1-2H3,(H2,20,21). The van der Waals surface area contributed by atoms with Gasteiger partial charge < -0.3 is 10.5 Å². The first kappa shape index (κ1) is 18.7. The van der Waals surface area contributed by atoms with Gasteiger partial charge in [0.1, 0.15) is 0 Å². The molecule has 0 amide bonds. The van der Waals surface area contributed by atoms with Gasteiger partial charge in [-0.3, -0.25) is 4.90 Å². The van der Waals surface area contributed by atoms with Crippen LogP contribution in [0.5, 0.6) is 0 Å². The number of benzene rings is 1. The third-order valence-corrected chi connectivity index (χ3v) is 4.57. The Bertz CT molecular complexity index is 660. The Balaban J connectivity index is 2.21. The van der Waals surface area contributed by atoms with Crippen molar-refractivity contribution < 1.29 is 17.9 Å². The zero-order chi connectivity index (χ0) is 17.7. The van der Waals surface area contributed by atoms with E-state index >= 15 is 0 Å². The summed E-state index contributed by atoms with van der Waals surface area (Å²) in [4.78, 5) is 7.03. The van der Waals surface area contributed by atoms with E-state index in [1.54, 1.807) is 19.4 Å². The number of nitrogens with zero attached hydrogens (tertiary/aromatic N) is 2. The molecule has 0 aliphatic heterocycles. The minimum Gasteiger partial charge on any atom is -0.383 e. The van der Waals surface area contributed by atoms with Crippen LogP contribution >= 0.6 is 11.3 Å². The van der Waals surface area contributed by atoms with Crippen LogP contribution in [0.25, 0.3) is 0 Å². The number of hydrogen-bond donors (Lipinski definition) is 1. The number of aromatic nitrogens is 1. The average molecular weight is 359 g/mol. The topological polar surface area (TPSA) is 51.4 Å². The Hall–Kier alpha value is -1.64. The third-order valence-electron chi connectivity index (χ3n) is 3.76. The van der Waals surface area contributed by atoms with E-state index in [9.17, 15) is 13.2 Å². The van der Waals surface area contributed by atoms with Gasteiger partial charge in [0.15, 0.2) is 5.13 Å². The molecule has 8 heteroatoms. The van der Waals surface area contributed by atoms with E-state index < -0.39 is 11.7 Å². The van der Waals surface area contributed by atoms with Crippen molar-refractivity contribution in [2.45, 2.75) is 25.7 Å². The smallest absolute Gasteiger partial charge is 0.383 e. The molecule has 0 bridgehead atoms. The molecule has 0 radical (unpaired) electrons. The number of nitrogens with two attached hydrogens (primary N) is 1. The van der Waals surface area contributed by atoms with Crippen molar-refractivity contribution >= 4 is 16.5 Å². The first-order valence-electron chi connectivity index (χ1n) is 7.41. The van der Waals surface area contributed by atoms with E-state index in [1.165, 1.54) is 23.5 Å². The van der Waals surface area contributed by atoms with Crippen molar-refractivity contribution in [3.63, 3.8) is 0 Å². The van der Waals surface area contributed by atoms with E-state index in [1.807, 2.05) is 11.8 Å². The Morgan fingerprint density at radius 1 is 1.38 bits per heavy atom. The van der Waals surface area contributed by atoms with Crippen LogP contribution in [0, 0.1) is 0 Å². The van der Waals surface area contributed by atoms with Crippen molar-refractivity contribution in [2.24, 2.45) is 0 Å². The minimum atomic E-state index is -4.35. The van der Waals surface area contributed by atoms with E-state index in [-0.39, 0.29) is 6.04 Å². The zero-order valence-corrected chi connectivity index (χ0v) is 14.3. The second-order valence-electron chi connectivity index (χ2n) is 5.43. The van der Waals surface area contributed by atoms with Crippen molar-refractivity contribution in [3.05, 3.63) is 46.5 Å². The van der Waals surface area contributed by atoms with Crippen molar-refractivity contribution in [2.75, 3.05) is 26.0 Å². The summed E-state index contributed by atoms with van der Waals surface area (Å²) in [7, 11) is 1.60. The van der Waals surface area contributed by atoms with Gasteiger partial charge in [0.05, 0.1) is 12.2 Å². The normalized spacial score (nSPS) is 13.4. The number of methoxy groups -OCH3 is 1. The van der Waals surface area contributed by atoms with Crippen LogP contribution in [0.4, 0.5) is 18.3 Å². The fraction of sp³-hybridized carbons (Fsp3) is 0.438. The summed E-state index contributed by atoms with van der Waals surface area (Å²) in [5.41, 5.74) is 5.62. The number of halogens is 3. The fourth-order valence-corrected chi connectivity index (χ4v) is 3.11. The van der Waals surface area contributed by atoms with Crippen LogP contribution < -0.4 is 5.73 Å². The van der Waals surface area contributed by atoms with Crippen molar-refractivity contribution in [1.29, 1.82) is 0 Å². The highest BCUT2D eigenvalue weighted by molar-refractivity contribution is 7.15. The molecule has 0 aliphatic rings. The molecule has 0 saturated carbocycles. The lowest BCUT2D eigenvalue weighted by Crippen LogP contribution is -2.30. The fourth-order valence-electron chi connectivity index (χ4n) is 2.40. The van der Waals surface area contributed by atoms with Crippen LogP contribution in [0.2, 0.25) is 0 Å². The number of rotatable bonds is 7. The summed E-state index contributed by atoms with van der Waals surface area (Å²) in [6, 6.07) is 5.23. The van der Waals surface area contributed by atoms with E-state index in [2.05, 4.69) is 4.98 Å². The number of nitrogen functional groups attached to an aromatic ring is 1. The molecule has 2 aromatic rings. The predicted molar refractivity (Wildman–Crippen MR) is 88.7 cm³/mol. The predicted octanol–water partition coefficient (Wildman–Crippen LogP) is 3.95. The van der Waals surface area contributed by atoms with Gasteiger partial charge in [-0.2, -0.15) is 13.2 Å². The number of anilines is 1. The highest BCUT2D eigenvalue weighted by Crippen LogP contribution is 2.32. The van der Waals surface area contributed by atoms with Crippen LogP contribution in [-0.4, -0.2) is 30.1 Å². The Morgan fingerprint density at radius 2 is 2.12 bits per heavy atom. The molecule has 0 saturated heterocycles. The molecule has 0 aliphatic carbocycles. The van der Waals surface area contributed by atoms with Crippen LogP contribution in [0.1, 0.15) is 29.0 Å². The largest absolute Gasteiger partial charge is 0.416 e.